The van der Waals surface area contributed by atoms with Gasteiger partial charge in [0.25, 0.3) is 5.89 Å². The zero-order chi connectivity index (χ0) is 13.5. The van der Waals surface area contributed by atoms with Crippen molar-refractivity contribution in [3.8, 4) is 17.2 Å². The molecular weight excluding hydrogens is 254 g/mol. The molecule has 0 amide bonds. The predicted molar refractivity (Wildman–Crippen MR) is 73.3 cm³/mol. The fraction of sp³-hybridized carbons (Fsp3) is 0.267. The number of fused-ring (bicyclic) bond motifs is 1. The van der Waals surface area contributed by atoms with Gasteiger partial charge < -0.3 is 9.63 Å². The third-order valence-electron chi connectivity index (χ3n) is 3.83. The van der Waals surface area contributed by atoms with Crippen molar-refractivity contribution >= 4 is 10.9 Å². The van der Waals surface area contributed by atoms with Gasteiger partial charge in [0.15, 0.2) is 5.82 Å². The van der Waals surface area contributed by atoms with Crippen LogP contribution >= 0.6 is 0 Å². The second-order valence-electron chi connectivity index (χ2n) is 5.19. The van der Waals surface area contributed by atoms with Gasteiger partial charge in [0.05, 0.1) is 11.1 Å². The highest BCUT2D eigenvalue weighted by Gasteiger charge is 2.25. The van der Waals surface area contributed by atoms with Crippen LogP contribution in [0, 0.1) is 0 Å². The second kappa shape index (κ2) is 4.30. The lowest BCUT2D eigenvalue weighted by Crippen LogP contribution is -2.10. The first-order chi connectivity index (χ1) is 9.79. The summed E-state index contributed by atoms with van der Waals surface area (Å²) in [6, 6.07) is 7.04. The van der Waals surface area contributed by atoms with Crippen LogP contribution < -0.4 is 0 Å². The van der Waals surface area contributed by atoms with Crippen LogP contribution in [0.5, 0.6) is 5.75 Å². The van der Waals surface area contributed by atoms with Crippen molar-refractivity contribution in [2.45, 2.75) is 25.2 Å². The van der Waals surface area contributed by atoms with Gasteiger partial charge in [0, 0.05) is 23.6 Å². The summed E-state index contributed by atoms with van der Waals surface area (Å²) in [6.45, 7) is 0. The molecule has 0 unspecified atom stereocenters. The molecule has 0 spiro atoms. The molecule has 1 N–H and O–H groups in total. The van der Waals surface area contributed by atoms with Crippen LogP contribution in [-0.4, -0.2) is 20.2 Å². The summed E-state index contributed by atoms with van der Waals surface area (Å²) in [5, 5.41) is 14.4. The topological polar surface area (TPSA) is 72.0 Å². The average Bonchev–Trinajstić information content (AvgIpc) is 2.85. The highest BCUT2D eigenvalue weighted by molar-refractivity contribution is 5.83. The van der Waals surface area contributed by atoms with Crippen molar-refractivity contribution in [2.75, 3.05) is 0 Å². The maximum absolute atomic E-state index is 9.43. The standard InChI is InChI=1S/C15H13N3O2/c19-12-5-4-10-6-11(8-16-13(10)7-12)15-17-14(18-20-15)9-2-1-3-9/h4-9,19H,1-3H2. The van der Waals surface area contributed by atoms with E-state index in [2.05, 4.69) is 15.1 Å². The molecule has 0 radical (unpaired) electrons. The van der Waals surface area contributed by atoms with Gasteiger partial charge >= 0.3 is 0 Å². The molecule has 1 aliphatic carbocycles. The second-order valence-corrected chi connectivity index (χ2v) is 5.19. The summed E-state index contributed by atoms with van der Waals surface area (Å²) in [5.41, 5.74) is 1.55. The van der Waals surface area contributed by atoms with Crippen molar-refractivity contribution in [2.24, 2.45) is 0 Å². The number of benzene rings is 1. The van der Waals surface area contributed by atoms with E-state index in [1.165, 1.54) is 6.42 Å². The Labute approximate surface area is 115 Å². The minimum absolute atomic E-state index is 0.211. The lowest BCUT2D eigenvalue weighted by Gasteiger charge is -2.20. The fourth-order valence-electron chi connectivity index (χ4n) is 2.41. The molecule has 2 heterocycles. The van der Waals surface area contributed by atoms with Crippen LogP contribution in [0.25, 0.3) is 22.4 Å². The monoisotopic (exact) mass is 267 g/mol. The van der Waals surface area contributed by atoms with Gasteiger partial charge in [-0.15, -0.1) is 0 Å². The molecule has 0 bridgehead atoms. The van der Waals surface area contributed by atoms with E-state index in [4.69, 9.17) is 4.52 Å². The number of phenolic OH excluding ortho intramolecular Hbond substituents is 1. The summed E-state index contributed by atoms with van der Waals surface area (Å²) < 4.78 is 5.33. The number of hydrogen-bond donors (Lipinski definition) is 1. The lowest BCUT2D eigenvalue weighted by molar-refractivity contribution is 0.366. The Balaban J connectivity index is 1.73. The molecule has 1 aromatic carbocycles. The number of aromatic hydroxyl groups is 1. The number of rotatable bonds is 2. The van der Waals surface area contributed by atoms with Gasteiger partial charge in [-0.1, -0.05) is 11.6 Å². The summed E-state index contributed by atoms with van der Waals surface area (Å²) in [6.07, 6.45) is 5.23. The largest absolute Gasteiger partial charge is 0.508 e. The smallest absolute Gasteiger partial charge is 0.259 e. The number of aromatic nitrogens is 3. The third-order valence-corrected chi connectivity index (χ3v) is 3.83. The zero-order valence-electron chi connectivity index (χ0n) is 10.8. The van der Waals surface area contributed by atoms with Crippen molar-refractivity contribution in [1.82, 2.24) is 15.1 Å². The normalized spacial score (nSPS) is 15.4. The van der Waals surface area contributed by atoms with Crippen LogP contribution in [0.1, 0.15) is 31.0 Å². The Morgan fingerprint density at radius 2 is 2.10 bits per heavy atom. The van der Waals surface area contributed by atoms with E-state index in [9.17, 15) is 5.11 Å². The molecule has 0 atom stereocenters. The van der Waals surface area contributed by atoms with Gasteiger partial charge in [0.1, 0.15) is 5.75 Å². The van der Waals surface area contributed by atoms with Crippen LogP contribution in [-0.2, 0) is 0 Å². The zero-order valence-corrected chi connectivity index (χ0v) is 10.8. The van der Waals surface area contributed by atoms with Gasteiger partial charge in [-0.2, -0.15) is 4.98 Å². The number of hydrogen-bond acceptors (Lipinski definition) is 5. The third kappa shape index (κ3) is 1.82. The first kappa shape index (κ1) is 11.4. The van der Waals surface area contributed by atoms with Gasteiger partial charge in [-0.05, 0) is 31.0 Å². The van der Waals surface area contributed by atoms with E-state index in [-0.39, 0.29) is 5.75 Å². The van der Waals surface area contributed by atoms with Gasteiger partial charge in [-0.25, -0.2) is 0 Å². The highest BCUT2D eigenvalue weighted by atomic mass is 16.5. The summed E-state index contributed by atoms with van der Waals surface area (Å²) >= 11 is 0. The van der Waals surface area contributed by atoms with Gasteiger partial charge in [-0.3, -0.25) is 4.98 Å². The van der Waals surface area contributed by atoms with E-state index in [0.717, 1.165) is 35.1 Å². The molecular formula is C15H13N3O2. The molecule has 0 saturated heterocycles. The molecule has 1 saturated carbocycles. The fourth-order valence-corrected chi connectivity index (χ4v) is 2.41. The summed E-state index contributed by atoms with van der Waals surface area (Å²) in [4.78, 5) is 8.78. The van der Waals surface area contributed by atoms with E-state index >= 15 is 0 Å². The molecule has 5 nitrogen and oxygen atoms in total. The van der Waals surface area contributed by atoms with E-state index in [1.54, 1.807) is 18.3 Å². The van der Waals surface area contributed by atoms with E-state index in [0.29, 0.717) is 11.8 Å². The Kier molecular flexibility index (Phi) is 2.45. The Bertz CT molecular complexity index is 778. The Hall–Kier alpha value is -2.43. The molecule has 2 aromatic heterocycles. The molecule has 1 fully saturated rings. The molecule has 5 heteroatoms. The molecule has 3 aromatic rings. The van der Waals surface area contributed by atoms with Gasteiger partial charge in [0.2, 0.25) is 0 Å². The maximum atomic E-state index is 9.43. The summed E-state index contributed by atoms with van der Waals surface area (Å²) in [5.74, 6) is 1.98. The van der Waals surface area contributed by atoms with Crippen LogP contribution in [0.4, 0.5) is 0 Å². The maximum Gasteiger partial charge on any atom is 0.259 e. The first-order valence-corrected chi connectivity index (χ1v) is 6.72. The van der Waals surface area contributed by atoms with Crippen molar-refractivity contribution in [3.05, 3.63) is 36.3 Å². The molecule has 4 rings (SSSR count). The van der Waals surface area contributed by atoms with Crippen LogP contribution in [0.2, 0.25) is 0 Å². The Morgan fingerprint density at radius 1 is 1.20 bits per heavy atom. The number of phenols is 1. The first-order valence-electron chi connectivity index (χ1n) is 6.72. The van der Waals surface area contributed by atoms with Crippen molar-refractivity contribution < 1.29 is 9.63 Å². The highest BCUT2D eigenvalue weighted by Crippen LogP contribution is 2.35. The average molecular weight is 267 g/mol. The minimum atomic E-state index is 0.211. The van der Waals surface area contributed by atoms with E-state index in [1.807, 2.05) is 12.1 Å². The number of nitrogens with zero attached hydrogens (tertiary/aromatic N) is 3. The SMILES string of the molecule is Oc1ccc2cc(-c3nc(C4CCC4)no3)cnc2c1. The van der Waals surface area contributed by atoms with E-state index < -0.39 is 0 Å². The number of pyridine rings is 1. The van der Waals surface area contributed by atoms with Crippen molar-refractivity contribution in [1.29, 1.82) is 0 Å². The Morgan fingerprint density at radius 3 is 2.90 bits per heavy atom. The quantitative estimate of drug-likeness (QED) is 0.771. The molecule has 0 aliphatic heterocycles. The molecule has 1 aliphatic rings. The predicted octanol–water partition coefficient (Wildman–Crippen LogP) is 3.26. The van der Waals surface area contributed by atoms with Crippen LogP contribution in [0.3, 0.4) is 0 Å². The van der Waals surface area contributed by atoms with Crippen molar-refractivity contribution in [3.63, 3.8) is 0 Å². The molecule has 20 heavy (non-hydrogen) atoms. The summed E-state index contributed by atoms with van der Waals surface area (Å²) in [7, 11) is 0. The lowest BCUT2D eigenvalue weighted by atomic mass is 9.85. The minimum Gasteiger partial charge on any atom is -0.508 e. The van der Waals surface area contributed by atoms with Crippen LogP contribution in [0.15, 0.2) is 35.0 Å². The molecule has 100 valence electrons.